The summed E-state index contributed by atoms with van der Waals surface area (Å²) in [6, 6.07) is 5.67. The fourth-order valence-corrected chi connectivity index (χ4v) is 2.43. The number of nitrogens with zero attached hydrogens (tertiary/aromatic N) is 2. The zero-order valence-electron chi connectivity index (χ0n) is 15.9. The monoisotopic (exact) mass is 434 g/mol. The molecule has 2 aromatic rings. The van der Waals surface area contributed by atoms with Crippen molar-refractivity contribution in [1.82, 2.24) is 20.4 Å². The third kappa shape index (κ3) is 6.84. The molecule has 7 nitrogen and oxygen atoms in total. The Labute approximate surface area is 171 Å². The van der Waals surface area contributed by atoms with Crippen LogP contribution in [0.1, 0.15) is 21.7 Å². The number of carbonyl (C=O) groups excluding carboxylic acids is 1. The van der Waals surface area contributed by atoms with Crippen molar-refractivity contribution in [3.8, 4) is 5.69 Å². The highest BCUT2D eigenvalue weighted by molar-refractivity contribution is 5.92. The summed E-state index contributed by atoms with van der Waals surface area (Å²) in [4.78, 5) is 24.4. The minimum absolute atomic E-state index is 0. The molecule has 11 heteroatoms. The minimum Gasteiger partial charge on any atom is -0.383 e. The van der Waals surface area contributed by atoms with Crippen LogP contribution >= 0.6 is 12.4 Å². The first-order valence-corrected chi connectivity index (χ1v) is 8.50. The van der Waals surface area contributed by atoms with E-state index in [-0.39, 0.29) is 30.3 Å². The summed E-state index contributed by atoms with van der Waals surface area (Å²) in [6.45, 7) is 3.37. The molecule has 0 aliphatic rings. The van der Waals surface area contributed by atoms with Crippen LogP contribution < -0.4 is 16.1 Å². The fraction of sp³-hybridized carbons (Fsp3) is 0.389. The maximum Gasteiger partial charge on any atom is 0.416 e. The molecular formula is C18H22ClF3N4O3. The van der Waals surface area contributed by atoms with Gasteiger partial charge in [0.15, 0.2) is 5.69 Å². The van der Waals surface area contributed by atoms with Crippen molar-refractivity contribution in [2.45, 2.75) is 13.1 Å². The Morgan fingerprint density at radius 1 is 1.21 bits per heavy atom. The van der Waals surface area contributed by atoms with Crippen LogP contribution in [0.25, 0.3) is 5.69 Å². The number of hydrogen-bond donors (Lipinski definition) is 2. The van der Waals surface area contributed by atoms with Gasteiger partial charge in [0.25, 0.3) is 5.91 Å². The van der Waals surface area contributed by atoms with Crippen molar-refractivity contribution in [3.05, 3.63) is 57.5 Å². The lowest BCUT2D eigenvalue weighted by molar-refractivity contribution is -0.137. The number of carbonyl (C=O) groups is 1. The molecular weight excluding hydrogens is 413 g/mol. The van der Waals surface area contributed by atoms with Gasteiger partial charge in [-0.05, 0) is 25.1 Å². The van der Waals surface area contributed by atoms with Gasteiger partial charge < -0.3 is 15.4 Å². The largest absolute Gasteiger partial charge is 0.416 e. The summed E-state index contributed by atoms with van der Waals surface area (Å²) < 4.78 is 44.9. The Bertz CT molecular complexity index is 887. The average Bonchev–Trinajstić information content (AvgIpc) is 2.64. The van der Waals surface area contributed by atoms with Crippen molar-refractivity contribution in [3.63, 3.8) is 0 Å². The zero-order chi connectivity index (χ0) is 20.7. The van der Waals surface area contributed by atoms with Gasteiger partial charge in [-0.25, -0.2) is 4.68 Å². The van der Waals surface area contributed by atoms with E-state index in [0.29, 0.717) is 25.4 Å². The Morgan fingerprint density at radius 3 is 2.59 bits per heavy atom. The molecule has 1 amide bonds. The molecule has 0 aliphatic carbocycles. The van der Waals surface area contributed by atoms with E-state index >= 15 is 0 Å². The normalized spacial score (nSPS) is 11.1. The number of benzene rings is 1. The van der Waals surface area contributed by atoms with E-state index in [9.17, 15) is 22.8 Å². The molecule has 0 radical (unpaired) electrons. The summed E-state index contributed by atoms with van der Waals surface area (Å²) in [6.07, 6.45) is -4.51. The molecule has 0 unspecified atom stereocenters. The van der Waals surface area contributed by atoms with E-state index in [1.807, 2.05) is 0 Å². The number of rotatable bonds is 8. The molecule has 160 valence electrons. The number of ether oxygens (including phenoxy) is 1. The lowest BCUT2D eigenvalue weighted by Gasteiger charge is -2.13. The third-order valence-corrected chi connectivity index (χ3v) is 3.81. The highest BCUT2D eigenvalue weighted by Crippen LogP contribution is 2.30. The molecule has 0 spiro atoms. The second-order valence-corrected chi connectivity index (χ2v) is 5.96. The van der Waals surface area contributed by atoms with E-state index in [2.05, 4.69) is 15.7 Å². The molecule has 1 heterocycles. The van der Waals surface area contributed by atoms with Gasteiger partial charge in [-0.2, -0.15) is 18.3 Å². The molecule has 0 saturated carbocycles. The summed E-state index contributed by atoms with van der Waals surface area (Å²) in [5.41, 5.74) is -1.44. The van der Waals surface area contributed by atoms with Gasteiger partial charge in [0, 0.05) is 38.5 Å². The maximum atomic E-state index is 12.9. The van der Waals surface area contributed by atoms with Crippen LogP contribution in [0.2, 0.25) is 0 Å². The Hall–Kier alpha value is -2.43. The SMILES string of the molecule is COCCNCCNC(=O)c1nn(-c2cccc(C(F)(F)F)c2)c(C)cc1=O.Cl. The number of halogens is 4. The Kier molecular flexibility index (Phi) is 9.28. The lowest BCUT2D eigenvalue weighted by Crippen LogP contribution is -2.36. The number of nitrogens with one attached hydrogen (secondary N) is 2. The van der Waals surface area contributed by atoms with E-state index in [0.717, 1.165) is 16.8 Å². The maximum absolute atomic E-state index is 12.9. The van der Waals surface area contributed by atoms with Gasteiger partial charge in [0.1, 0.15) is 0 Å². The van der Waals surface area contributed by atoms with E-state index in [1.54, 1.807) is 7.11 Å². The van der Waals surface area contributed by atoms with E-state index in [4.69, 9.17) is 4.74 Å². The van der Waals surface area contributed by atoms with Gasteiger partial charge in [-0.3, -0.25) is 9.59 Å². The van der Waals surface area contributed by atoms with Crippen molar-refractivity contribution in [2.24, 2.45) is 0 Å². The van der Waals surface area contributed by atoms with Crippen molar-refractivity contribution >= 4 is 18.3 Å². The molecule has 0 bridgehead atoms. The minimum atomic E-state index is -4.51. The second kappa shape index (κ2) is 10.9. The molecule has 0 fully saturated rings. The zero-order valence-corrected chi connectivity index (χ0v) is 16.7. The molecule has 2 N–H and O–H groups in total. The number of aryl methyl sites for hydroxylation is 1. The number of hydrogen-bond acceptors (Lipinski definition) is 5. The average molecular weight is 435 g/mol. The smallest absolute Gasteiger partial charge is 0.383 e. The topological polar surface area (TPSA) is 85.2 Å². The molecule has 2 rings (SSSR count). The number of methoxy groups -OCH3 is 1. The van der Waals surface area contributed by atoms with Crippen LogP contribution in [0, 0.1) is 6.92 Å². The molecule has 1 aromatic heterocycles. The van der Waals surface area contributed by atoms with Crippen LogP contribution in [0.15, 0.2) is 35.1 Å². The van der Waals surface area contributed by atoms with Crippen molar-refractivity contribution < 1.29 is 22.7 Å². The highest BCUT2D eigenvalue weighted by atomic mass is 35.5. The van der Waals surface area contributed by atoms with Crippen LogP contribution in [0.5, 0.6) is 0 Å². The standard InChI is InChI=1S/C18H21F3N4O3.ClH/c1-12-10-15(26)16(17(27)23-7-6-22-8-9-28-2)24-25(12)14-5-3-4-13(11-14)18(19,20)21;/h3-5,10-11,22H,6-9H2,1-2H3,(H,23,27);1H. The number of alkyl halides is 3. The number of aromatic nitrogens is 2. The molecule has 0 aliphatic heterocycles. The van der Waals surface area contributed by atoms with Crippen LogP contribution in [0.3, 0.4) is 0 Å². The summed E-state index contributed by atoms with van der Waals surface area (Å²) >= 11 is 0. The molecule has 29 heavy (non-hydrogen) atoms. The fourth-order valence-electron chi connectivity index (χ4n) is 2.43. The van der Waals surface area contributed by atoms with Gasteiger partial charge in [0.2, 0.25) is 5.43 Å². The first kappa shape index (κ1) is 24.6. The second-order valence-electron chi connectivity index (χ2n) is 5.96. The summed E-state index contributed by atoms with van der Waals surface area (Å²) in [5, 5.41) is 9.55. The van der Waals surface area contributed by atoms with Crippen molar-refractivity contribution in [2.75, 3.05) is 33.4 Å². The predicted molar refractivity (Wildman–Crippen MR) is 104 cm³/mol. The Balaban J connectivity index is 0.00000420. The van der Waals surface area contributed by atoms with Crippen molar-refractivity contribution in [1.29, 1.82) is 0 Å². The first-order chi connectivity index (χ1) is 13.2. The van der Waals surface area contributed by atoms with Gasteiger partial charge >= 0.3 is 6.18 Å². The van der Waals surface area contributed by atoms with Crippen LogP contribution in [0.4, 0.5) is 13.2 Å². The number of amides is 1. The lowest BCUT2D eigenvalue weighted by atomic mass is 10.2. The predicted octanol–water partition coefficient (Wildman–Crippen LogP) is 1.95. The third-order valence-electron chi connectivity index (χ3n) is 3.81. The quantitative estimate of drug-likeness (QED) is 0.620. The van der Waals surface area contributed by atoms with E-state index < -0.39 is 23.1 Å². The Morgan fingerprint density at radius 2 is 1.93 bits per heavy atom. The molecule has 0 atom stereocenters. The summed E-state index contributed by atoms with van der Waals surface area (Å²) in [7, 11) is 1.57. The van der Waals surface area contributed by atoms with Gasteiger partial charge in [0.05, 0.1) is 17.9 Å². The van der Waals surface area contributed by atoms with Gasteiger partial charge in [-0.15, -0.1) is 12.4 Å². The molecule has 0 saturated heterocycles. The highest BCUT2D eigenvalue weighted by Gasteiger charge is 2.30. The van der Waals surface area contributed by atoms with Crippen LogP contribution in [-0.4, -0.2) is 49.0 Å². The van der Waals surface area contributed by atoms with E-state index in [1.165, 1.54) is 25.1 Å². The first-order valence-electron chi connectivity index (χ1n) is 8.50. The van der Waals surface area contributed by atoms with Gasteiger partial charge in [-0.1, -0.05) is 6.07 Å². The molecule has 1 aromatic carbocycles. The summed E-state index contributed by atoms with van der Waals surface area (Å²) in [5.74, 6) is -0.695. The van der Waals surface area contributed by atoms with Crippen LogP contribution in [-0.2, 0) is 10.9 Å².